The van der Waals surface area contributed by atoms with Gasteiger partial charge in [0.25, 0.3) is 5.91 Å². The van der Waals surface area contributed by atoms with Gasteiger partial charge in [-0.1, -0.05) is 46.9 Å². The van der Waals surface area contributed by atoms with Crippen molar-refractivity contribution in [3.63, 3.8) is 0 Å². The molecule has 4 nitrogen and oxygen atoms in total. The lowest BCUT2D eigenvalue weighted by atomic mass is 10.2. The first-order valence-electron chi connectivity index (χ1n) is 7.93. The van der Waals surface area contributed by atoms with Crippen molar-refractivity contribution in [1.29, 1.82) is 0 Å². The van der Waals surface area contributed by atoms with Crippen molar-refractivity contribution in [2.45, 2.75) is 0 Å². The van der Waals surface area contributed by atoms with Crippen LogP contribution in [-0.4, -0.2) is 10.9 Å². The lowest BCUT2D eigenvalue weighted by Gasteiger charge is -2.05. The quantitative estimate of drug-likeness (QED) is 0.403. The summed E-state index contributed by atoms with van der Waals surface area (Å²) in [4.78, 5) is 16.9. The SMILES string of the molecule is O=C(Nc1cccc(Cl)c1)c1ccc2nc(-c3c(Cl)cccc3Cl)oc2c1. The van der Waals surface area contributed by atoms with E-state index in [1.54, 1.807) is 60.7 Å². The van der Waals surface area contributed by atoms with E-state index in [0.717, 1.165) is 0 Å². The Hall–Kier alpha value is -2.53. The predicted octanol–water partition coefficient (Wildman–Crippen LogP) is 6.71. The van der Waals surface area contributed by atoms with Gasteiger partial charge in [-0.2, -0.15) is 0 Å². The Morgan fingerprint density at radius 1 is 0.926 bits per heavy atom. The molecule has 0 radical (unpaired) electrons. The molecule has 0 fully saturated rings. The van der Waals surface area contributed by atoms with Crippen LogP contribution in [0, 0.1) is 0 Å². The third kappa shape index (κ3) is 3.65. The summed E-state index contributed by atoms with van der Waals surface area (Å²) in [6.07, 6.45) is 0. The lowest BCUT2D eigenvalue weighted by Crippen LogP contribution is -2.11. The van der Waals surface area contributed by atoms with E-state index in [9.17, 15) is 4.79 Å². The fourth-order valence-electron chi connectivity index (χ4n) is 2.64. The highest BCUT2D eigenvalue weighted by atomic mass is 35.5. The number of benzene rings is 3. The second-order valence-electron chi connectivity index (χ2n) is 5.76. The van der Waals surface area contributed by atoms with Crippen molar-refractivity contribution in [1.82, 2.24) is 4.98 Å². The number of rotatable bonds is 3. The average Bonchev–Trinajstić information content (AvgIpc) is 3.04. The number of hydrogen-bond acceptors (Lipinski definition) is 3. The Morgan fingerprint density at radius 2 is 1.67 bits per heavy atom. The van der Waals surface area contributed by atoms with Crippen molar-refractivity contribution in [3.05, 3.63) is 81.3 Å². The van der Waals surface area contributed by atoms with Crippen LogP contribution >= 0.6 is 34.8 Å². The number of nitrogens with one attached hydrogen (secondary N) is 1. The summed E-state index contributed by atoms with van der Waals surface area (Å²) in [5, 5.41) is 4.21. The van der Waals surface area contributed by atoms with Gasteiger partial charge in [0.15, 0.2) is 5.58 Å². The molecule has 134 valence electrons. The Morgan fingerprint density at radius 3 is 2.41 bits per heavy atom. The van der Waals surface area contributed by atoms with Crippen LogP contribution < -0.4 is 5.32 Å². The zero-order chi connectivity index (χ0) is 19.0. The lowest BCUT2D eigenvalue weighted by molar-refractivity contribution is 0.102. The molecule has 0 saturated carbocycles. The van der Waals surface area contributed by atoms with Gasteiger partial charge in [0.1, 0.15) is 5.52 Å². The minimum Gasteiger partial charge on any atom is -0.436 e. The number of carbonyl (C=O) groups excluding carboxylic acids is 1. The van der Waals surface area contributed by atoms with Gasteiger partial charge in [-0.25, -0.2) is 4.98 Å². The van der Waals surface area contributed by atoms with E-state index in [1.807, 2.05) is 0 Å². The summed E-state index contributed by atoms with van der Waals surface area (Å²) in [6, 6.07) is 17.1. The summed E-state index contributed by atoms with van der Waals surface area (Å²) < 4.78 is 5.79. The second kappa shape index (κ2) is 7.24. The molecule has 0 aliphatic carbocycles. The number of nitrogens with zero attached hydrogens (tertiary/aromatic N) is 1. The Balaban J connectivity index is 1.68. The first kappa shape index (κ1) is 17.9. The van der Waals surface area contributed by atoms with Crippen LogP contribution in [0.15, 0.2) is 65.1 Å². The summed E-state index contributed by atoms with van der Waals surface area (Å²) in [7, 11) is 0. The molecular formula is C20H11Cl3N2O2. The number of oxazole rings is 1. The molecule has 0 spiro atoms. The van der Waals surface area contributed by atoms with Crippen molar-refractivity contribution >= 4 is 57.5 Å². The van der Waals surface area contributed by atoms with Crippen molar-refractivity contribution in [2.75, 3.05) is 5.32 Å². The summed E-state index contributed by atoms with van der Waals surface area (Å²) in [5.41, 5.74) is 2.60. The number of carbonyl (C=O) groups is 1. The number of fused-ring (bicyclic) bond motifs is 1. The van der Waals surface area contributed by atoms with Crippen LogP contribution in [0.2, 0.25) is 15.1 Å². The highest BCUT2D eigenvalue weighted by molar-refractivity contribution is 6.39. The number of aromatic nitrogens is 1. The maximum atomic E-state index is 12.5. The molecular weight excluding hydrogens is 407 g/mol. The van der Waals surface area contributed by atoms with E-state index in [0.29, 0.717) is 48.9 Å². The first-order chi connectivity index (χ1) is 13.0. The molecule has 0 bridgehead atoms. The summed E-state index contributed by atoms with van der Waals surface area (Å²) >= 11 is 18.4. The monoisotopic (exact) mass is 416 g/mol. The molecule has 4 rings (SSSR count). The van der Waals surface area contributed by atoms with Crippen LogP contribution in [0.25, 0.3) is 22.6 Å². The van der Waals surface area contributed by atoms with Gasteiger partial charge >= 0.3 is 0 Å². The summed E-state index contributed by atoms with van der Waals surface area (Å²) in [5.74, 6) is 0.0147. The molecule has 1 amide bonds. The van der Waals surface area contributed by atoms with E-state index in [4.69, 9.17) is 39.2 Å². The molecule has 1 N–H and O–H groups in total. The fraction of sp³-hybridized carbons (Fsp3) is 0. The number of halogens is 3. The number of hydrogen-bond donors (Lipinski definition) is 1. The highest BCUT2D eigenvalue weighted by Gasteiger charge is 2.16. The van der Waals surface area contributed by atoms with Crippen LogP contribution in [0.5, 0.6) is 0 Å². The van der Waals surface area contributed by atoms with E-state index in [-0.39, 0.29) is 5.91 Å². The van der Waals surface area contributed by atoms with Crippen molar-refractivity contribution < 1.29 is 9.21 Å². The topological polar surface area (TPSA) is 55.1 Å². The smallest absolute Gasteiger partial charge is 0.255 e. The first-order valence-corrected chi connectivity index (χ1v) is 9.06. The molecule has 1 heterocycles. The van der Waals surface area contributed by atoms with Gasteiger partial charge in [0.05, 0.1) is 15.6 Å². The normalized spacial score (nSPS) is 10.9. The zero-order valence-corrected chi connectivity index (χ0v) is 15.9. The van der Waals surface area contributed by atoms with Crippen molar-refractivity contribution in [2.24, 2.45) is 0 Å². The van der Waals surface area contributed by atoms with Gasteiger partial charge in [0.2, 0.25) is 5.89 Å². The molecule has 0 atom stereocenters. The molecule has 0 saturated heterocycles. The maximum Gasteiger partial charge on any atom is 0.255 e. The summed E-state index contributed by atoms with van der Waals surface area (Å²) in [6.45, 7) is 0. The third-order valence-corrected chi connectivity index (χ3v) is 4.77. The molecule has 7 heteroatoms. The minimum atomic E-state index is -0.284. The van der Waals surface area contributed by atoms with E-state index >= 15 is 0 Å². The van der Waals surface area contributed by atoms with E-state index < -0.39 is 0 Å². The van der Waals surface area contributed by atoms with Gasteiger partial charge in [-0.15, -0.1) is 0 Å². The maximum absolute atomic E-state index is 12.5. The van der Waals surface area contributed by atoms with Gasteiger partial charge in [0, 0.05) is 16.3 Å². The standard InChI is InChI=1S/C20H11Cl3N2O2/c21-12-3-1-4-13(10-12)24-19(26)11-7-8-16-17(9-11)27-20(25-16)18-14(22)5-2-6-15(18)23/h1-10H,(H,24,26). The zero-order valence-electron chi connectivity index (χ0n) is 13.7. The van der Waals surface area contributed by atoms with Crippen LogP contribution in [0.3, 0.4) is 0 Å². The predicted molar refractivity (Wildman–Crippen MR) is 109 cm³/mol. The Labute approximate surface area is 169 Å². The number of anilines is 1. The molecule has 4 aromatic rings. The van der Waals surface area contributed by atoms with Crippen LogP contribution in [0.4, 0.5) is 5.69 Å². The fourth-order valence-corrected chi connectivity index (χ4v) is 3.39. The van der Waals surface area contributed by atoms with Gasteiger partial charge < -0.3 is 9.73 Å². The Bertz CT molecular complexity index is 1150. The molecule has 3 aromatic carbocycles. The molecule has 27 heavy (non-hydrogen) atoms. The van der Waals surface area contributed by atoms with E-state index in [2.05, 4.69) is 10.3 Å². The minimum absolute atomic E-state index is 0.284. The second-order valence-corrected chi connectivity index (χ2v) is 7.01. The molecule has 1 aromatic heterocycles. The Kier molecular flexibility index (Phi) is 4.79. The largest absolute Gasteiger partial charge is 0.436 e. The van der Waals surface area contributed by atoms with Crippen molar-refractivity contribution in [3.8, 4) is 11.5 Å². The van der Waals surface area contributed by atoms with E-state index in [1.165, 1.54) is 0 Å². The highest BCUT2D eigenvalue weighted by Crippen LogP contribution is 2.35. The van der Waals surface area contributed by atoms with Crippen LogP contribution in [-0.2, 0) is 0 Å². The van der Waals surface area contributed by atoms with Crippen LogP contribution in [0.1, 0.15) is 10.4 Å². The van der Waals surface area contributed by atoms with Gasteiger partial charge in [-0.05, 0) is 48.5 Å². The molecule has 0 aliphatic heterocycles. The molecule has 0 aliphatic rings. The number of amides is 1. The van der Waals surface area contributed by atoms with Gasteiger partial charge in [-0.3, -0.25) is 4.79 Å². The molecule has 0 unspecified atom stereocenters. The average molecular weight is 418 g/mol. The third-order valence-electron chi connectivity index (χ3n) is 3.91.